The number of methoxy groups -OCH3 is 2. The molecule has 0 aliphatic heterocycles. The first-order valence-corrected chi connectivity index (χ1v) is 11.2. The summed E-state index contributed by atoms with van der Waals surface area (Å²) in [6, 6.07) is 17.0. The summed E-state index contributed by atoms with van der Waals surface area (Å²) in [5.41, 5.74) is 5.79. The summed E-state index contributed by atoms with van der Waals surface area (Å²) in [5.74, 6) is 2.08. The highest BCUT2D eigenvalue weighted by Gasteiger charge is 2.12. The van der Waals surface area contributed by atoms with Gasteiger partial charge in [0.1, 0.15) is 12.4 Å². The van der Waals surface area contributed by atoms with Crippen LogP contribution in [-0.2, 0) is 13.2 Å². The van der Waals surface area contributed by atoms with Crippen LogP contribution in [0.1, 0.15) is 16.7 Å². The second kappa shape index (κ2) is 11.5. The maximum Gasteiger partial charge on any atom is 0.174 e. The van der Waals surface area contributed by atoms with Crippen molar-refractivity contribution >= 4 is 52.0 Å². The van der Waals surface area contributed by atoms with E-state index in [1.807, 2.05) is 42.5 Å². The number of hydrazone groups is 1. The second-order valence-electron chi connectivity index (χ2n) is 6.46. The third kappa shape index (κ3) is 6.41. The summed E-state index contributed by atoms with van der Waals surface area (Å²) in [6.45, 7) is 0.855. The molecule has 0 fully saturated rings. The van der Waals surface area contributed by atoms with Crippen molar-refractivity contribution in [1.82, 2.24) is 5.43 Å². The van der Waals surface area contributed by atoms with E-state index in [4.69, 9.17) is 37.4 Å². The largest absolute Gasteiger partial charge is 0.496 e. The molecule has 0 heterocycles. The number of halogens is 3. The molecular formula is C23H21Cl2IN2O3. The number of hydrogen-bond donors (Lipinski definition) is 1. The Bertz CT molecular complexity index is 1080. The Labute approximate surface area is 205 Å². The number of hydrogen-bond acceptors (Lipinski definition) is 5. The van der Waals surface area contributed by atoms with Crippen molar-refractivity contribution in [2.24, 2.45) is 5.10 Å². The van der Waals surface area contributed by atoms with Gasteiger partial charge in [-0.3, -0.25) is 0 Å². The number of nitrogens with one attached hydrogen (secondary N) is 1. The first-order valence-electron chi connectivity index (χ1n) is 9.34. The van der Waals surface area contributed by atoms with Crippen molar-refractivity contribution in [2.75, 3.05) is 14.2 Å². The molecule has 3 rings (SSSR count). The molecule has 3 aromatic carbocycles. The van der Waals surface area contributed by atoms with Crippen molar-refractivity contribution in [1.29, 1.82) is 0 Å². The Morgan fingerprint density at radius 3 is 2.48 bits per heavy atom. The molecule has 162 valence electrons. The van der Waals surface area contributed by atoms with E-state index in [-0.39, 0.29) is 0 Å². The predicted octanol–water partition coefficient (Wildman–Crippen LogP) is 6.32. The smallest absolute Gasteiger partial charge is 0.174 e. The SMILES string of the molecule is COc1ccccc1CN/N=C/c1cc(I)c(OCc2ccc(Cl)cc2Cl)c(OC)c1. The molecule has 31 heavy (non-hydrogen) atoms. The summed E-state index contributed by atoms with van der Waals surface area (Å²) >= 11 is 14.4. The predicted molar refractivity (Wildman–Crippen MR) is 134 cm³/mol. The first kappa shape index (κ1) is 23.5. The molecular weight excluding hydrogens is 550 g/mol. The van der Waals surface area contributed by atoms with Crippen molar-refractivity contribution in [3.05, 3.63) is 84.9 Å². The fourth-order valence-corrected chi connectivity index (χ4v) is 4.09. The van der Waals surface area contributed by atoms with Gasteiger partial charge in [0.25, 0.3) is 0 Å². The Balaban J connectivity index is 1.67. The van der Waals surface area contributed by atoms with Crippen LogP contribution in [0.4, 0.5) is 0 Å². The topological polar surface area (TPSA) is 52.1 Å². The number of benzene rings is 3. The molecule has 0 amide bonds. The maximum atomic E-state index is 6.24. The molecule has 0 saturated heterocycles. The first-order chi connectivity index (χ1) is 15.0. The highest BCUT2D eigenvalue weighted by Crippen LogP contribution is 2.35. The zero-order chi connectivity index (χ0) is 22.2. The molecule has 0 aromatic heterocycles. The van der Waals surface area contributed by atoms with E-state index in [0.717, 1.165) is 26.0 Å². The van der Waals surface area contributed by atoms with Gasteiger partial charge in [-0.25, -0.2) is 0 Å². The Hall–Kier alpha value is -2.16. The van der Waals surface area contributed by atoms with Crippen LogP contribution >= 0.6 is 45.8 Å². The van der Waals surface area contributed by atoms with Crippen molar-refractivity contribution in [3.8, 4) is 17.2 Å². The lowest BCUT2D eigenvalue weighted by molar-refractivity contribution is 0.282. The molecule has 0 atom stereocenters. The van der Waals surface area contributed by atoms with Gasteiger partial charge < -0.3 is 19.6 Å². The number of ether oxygens (including phenoxy) is 3. The zero-order valence-electron chi connectivity index (χ0n) is 17.0. The van der Waals surface area contributed by atoms with Crippen LogP contribution in [-0.4, -0.2) is 20.4 Å². The van der Waals surface area contributed by atoms with Crippen LogP contribution in [0.5, 0.6) is 17.2 Å². The van der Waals surface area contributed by atoms with E-state index in [1.165, 1.54) is 0 Å². The van der Waals surface area contributed by atoms with Gasteiger partial charge in [-0.1, -0.05) is 47.5 Å². The van der Waals surface area contributed by atoms with Crippen LogP contribution in [0, 0.1) is 3.57 Å². The lowest BCUT2D eigenvalue weighted by Gasteiger charge is -2.14. The van der Waals surface area contributed by atoms with Gasteiger partial charge in [0, 0.05) is 21.2 Å². The third-order valence-electron chi connectivity index (χ3n) is 4.41. The van der Waals surface area contributed by atoms with Crippen LogP contribution in [0.3, 0.4) is 0 Å². The van der Waals surface area contributed by atoms with E-state index >= 15 is 0 Å². The number of para-hydroxylation sites is 1. The van der Waals surface area contributed by atoms with Gasteiger partial charge in [-0.05, 0) is 58.5 Å². The highest BCUT2D eigenvalue weighted by atomic mass is 127. The average Bonchev–Trinajstić information content (AvgIpc) is 2.77. The molecule has 8 heteroatoms. The number of nitrogens with zero attached hydrogens (tertiary/aromatic N) is 1. The van der Waals surface area contributed by atoms with Gasteiger partial charge in [0.05, 0.1) is 30.5 Å². The molecule has 3 aromatic rings. The van der Waals surface area contributed by atoms with Gasteiger partial charge in [-0.2, -0.15) is 5.10 Å². The van der Waals surface area contributed by atoms with Crippen molar-refractivity contribution in [2.45, 2.75) is 13.2 Å². The summed E-state index contributed by atoms with van der Waals surface area (Å²) in [5, 5.41) is 5.46. The second-order valence-corrected chi connectivity index (χ2v) is 8.47. The van der Waals surface area contributed by atoms with Crippen LogP contribution in [0.25, 0.3) is 0 Å². The molecule has 0 spiro atoms. The third-order valence-corrected chi connectivity index (χ3v) is 5.79. The minimum absolute atomic E-state index is 0.302. The van der Waals surface area contributed by atoms with Gasteiger partial charge in [0.15, 0.2) is 11.5 Å². The maximum absolute atomic E-state index is 6.24. The lowest BCUT2D eigenvalue weighted by Crippen LogP contribution is -2.07. The average molecular weight is 571 g/mol. The van der Waals surface area contributed by atoms with Gasteiger partial charge in [0.2, 0.25) is 0 Å². The van der Waals surface area contributed by atoms with Crippen LogP contribution in [0.2, 0.25) is 10.0 Å². The summed E-state index contributed by atoms with van der Waals surface area (Å²) in [7, 11) is 3.26. The molecule has 5 nitrogen and oxygen atoms in total. The van der Waals surface area contributed by atoms with E-state index < -0.39 is 0 Å². The molecule has 0 aliphatic carbocycles. The quantitative estimate of drug-likeness (QED) is 0.186. The van der Waals surface area contributed by atoms with Crippen LogP contribution < -0.4 is 19.6 Å². The molecule has 1 N–H and O–H groups in total. The Morgan fingerprint density at radius 1 is 0.968 bits per heavy atom. The van der Waals surface area contributed by atoms with Gasteiger partial charge in [-0.15, -0.1) is 0 Å². The van der Waals surface area contributed by atoms with Crippen molar-refractivity contribution in [3.63, 3.8) is 0 Å². The fraction of sp³-hybridized carbons (Fsp3) is 0.174. The minimum atomic E-state index is 0.302. The summed E-state index contributed by atoms with van der Waals surface area (Å²) in [6.07, 6.45) is 1.74. The summed E-state index contributed by atoms with van der Waals surface area (Å²) in [4.78, 5) is 0. The zero-order valence-corrected chi connectivity index (χ0v) is 20.7. The summed E-state index contributed by atoms with van der Waals surface area (Å²) < 4.78 is 17.8. The Kier molecular flexibility index (Phi) is 8.69. The molecule has 0 aliphatic rings. The van der Waals surface area contributed by atoms with E-state index in [9.17, 15) is 0 Å². The molecule has 0 bridgehead atoms. The van der Waals surface area contributed by atoms with E-state index in [2.05, 4.69) is 33.1 Å². The van der Waals surface area contributed by atoms with Gasteiger partial charge >= 0.3 is 0 Å². The molecule has 0 unspecified atom stereocenters. The minimum Gasteiger partial charge on any atom is -0.496 e. The van der Waals surface area contributed by atoms with E-state index in [1.54, 1.807) is 32.6 Å². The number of rotatable bonds is 9. The van der Waals surface area contributed by atoms with Crippen molar-refractivity contribution < 1.29 is 14.2 Å². The standard InChI is InChI=1S/C23H21Cl2IN2O3/c1-29-21-6-4-3-5-16(21)13-28-27-12-15-9-20(26)23(22(10-15)30-2)31-14-17-7-8-18(24)11-19(17)25/h3-12,28H,13-14H2,1-2H3/b27-12+. The molecule has 0 saturated carbocycles. The van der Waals surface area contributed by atoms with Crippen LogP contribution in [0.15, 0.2) is 59.7 Å². The highest BCUT2D eigenvalue weighted by molar-refractivity contribution is 14.1. The molecule has 0 radical (unpaired) electrons. The fourth-order valence-electron chi connectivity index (χ4n) is 2.84. The monoisotopic (exact) mass is 570 g/mol. The lowest BCUT2D eigenvalue weighted by atomic mass is 10.2. The van der Waals surface area contributed by atoms with E-state index in [0.29, 0.717) is 34.7 Å². The normalized spacial score (nSPS) is 10.9. The Morgan fingerprint density at radius 2 is 1.74 bits per heavy atom.